The van der Waals surface area contributed by atoms with Gasteiger partial charge in [-0.05, 0) is 33.8 Å². The Morgan fingerprint density at radius 3 is 3.13 bits per heavy atom. The van der Waals surface area contributed by atoms with Gasteiger partial charge in [-0.15, -0.1) is 11.3 Å². The summed E-state index contributed by atoms with van der Waals surface area (Å²) in [6.07, 6.45) is 2.56. The average Bonchev–Trinajstić information content (AvgIpc) is 2.65. The van der Waals surface area contributed by atoms with E-state index in [0.717, 1.165) is 15.8 Å². The van der Waals surface area contributed by atoms with Crippen LogP contribution in [0.3, 0.4) is 0 Å². The van der Waals surface area contributed by atoms with Crippen LogP contribution in [0.2, 0.25) is 0 Å². The summed E-state index contributed by atoms with van der Waals surface area (Å²) in [4.78, 5) is 1.05. The highest BCUT2D eigenvalue weighted by molar-refractivity contribution is 9.10. The predicted octanol–water partition coefficient (Wildman–Crippen LogP) is 3.29. The van der Waals surface area contributed by atoms with E-state index in [0.29, 0.717) is 19.4 Å². The fourth-order valence-corrected chi connectivity index (χ4v) is 3.91. The van der Waals surface area contributed by atoms with Crippen LogP contribution >= 0.6 is 27.3 Å². The van der Waals surface area contributed by atoms with Crippen molar-refractivity contribution in [3.05, 3.63) is 20.8 Å². The number of halogens is 1. The summed E-state index contributed by atoms with van der Waals surface area (Å²) in [7, 11) is 0. The Bertz CT molecular complexity index is 339. The number of hydrogen-bond donors (Lipinski definition) is 1. The van der Waals surface area contributed by atoms with E-state index in [2.05, 4.69) is 22.9 Å². The first kappa shape index (κ1) is 11.6. The van der Waals surface area contributed by atoms with Crippen molar-refractivity contribution in [1.82, 2.24) is 0 Å². The number of ether oxygens (including phenoxy) is 1. The molecule has 0 radical (unpaired) electrons. The second-order valence-electron chi connectivity index (χ2n) is 3.98. The van der Waals surface area contributed by atoms with Crippen LogP contribution in [0.15, 0.2) is 15.9 Å². The van der Waals surface area contributed by atoms with E-state index in [1.165, 1.54) is 0 Å². The molecule has 0 aliphatic carbocycles. The normalized spacial score (nSPS) is 31.8. The standard InChI is InChI=1S/C11H15BrO2S/c1-2-8-7-11(13,4-5-14-8)10-9(12)3-6-15-10/h3,6,8,13H,2,4-5,7H2,1H3. The molecule has 1 fully saturated rings. The minimum absolute atomic E-state index is 0.192. The molecule has 1 aromatic heterocycles. The van der Waals surface area contributed by atoms with Crippen LogP contribution in [0, 0.1) is 0 Å². The molecule has 2 heterocycles. The maximum absolute atomic E-state index is 10.6. The van der Waals surface area contributed by atoms with E-state index in [9.17, 15) is 5.11 Å². The molecular weight excluding hydrogens is 276 g/mol. The van der Waals surface area contributed by atoms with Gasteiger partial charge in [-0.1, -0.05) is 6.92 Å². The van der Waals surface area contributed by atoms with Gasteiger partial charge in [0.1, 0.15) is 5.60 Å². The van der Waals surface area contributed by atoms with Gasteiger partial charge in [-0.25, -0.2) is 0 Å². The van der Waals surface area contributed by atoms with Crippen LogP contribution in [-0.4, -0.2) is 17.8 Å². The monoisotopic (exact) mass is 290 g/mol. The van der Waals surface area contributed by atoms with Crippen molar-refractivity contribution in [2.45, 2.75) is 37.9 Å². The van der Waals surface area contributed by atoms with Gasteiger partial charge in [0.15, 0.2) is 0 Å². The molecule has 0 amide bonds. The summed E-state index contributed by atoms with van der Waals surface area (Å²) < 4.78 is 6.61. The molecule has 84 valence electrons. The Hall–Kier alpha value is 0.1000. The molecule has 2 unspecified atom stereocenters. The van der Waals surface area contributed by atoms with Crippen LogP contribution in [0.25, 0.3) is 0 Å². The first-order valence-electron chi connectivity index (χ1n) is 5.23. The van der Waals surface area contributed by atoms with E-state index < -0.39 is 5.60 Å². The molecule has 2 nitrogen and oxygen atoms in total. The Kier molecular flexibility index (Phi) is 3.50. The Morgan fingerprint density at radius 1 is 1.73 bits per heavy atom. The highest BCUT2D eigenvalue weighted by Gasteiger charge is 2.38. The van der Waals surface area contributed by atoms with Crippen LogP contribution in [0.4, 0.5) is 0 Å². The van der Waals surface area contributed by atoms with Gasteiger partial charge in [0.2, 0.25) is 0 Å². The van der Waals surface area contributed by atoms with E-state index in [1.807, 2.05) is 11.4 Å². The second kappa shape index (κ2) is 4.53. The lowest BCUT2D eigenvalue weighted by atomic mass is 9.88. The van der Waals surface area contributed by atoms with Crippen LogP contribution in [-0.2, 0) is 10.3 Å². The van der Waals surface area contributed by atoms with E-state index in [-0.39, 0.29) is 6.10 Å². The topological polar surface area (TPSA) is 29.5 Å². The summed E-state index contributed by atoms with van der Waals surface area (Å²) in [5.74, 6) is 0. The Labute approximate surface area is 102 Å². The highest BCUT2D eigenvalue weighted by atomic mass is 79.9. The zero-order chi connectivity index (χ0) is 10.9. The van der Waals surface area contributed by atoms with Gasteiger partial charge in [-0.2, -0.15) is 0 Å². The molecule has 1 aliphatic heterocycles. The second-order valence-corrected chi connectivity index (χ2v) is 5.75. The molecular formula is C11H15BrO2S. The molecule has 0 saturated carbocycles. The van der Waals surface area contributed by atoms with E-state index in [1.54, 1.807) is 11.3 Å². The molecule has 0 aromatic carbocycles. The molecule has 1 saturated heterocycles. The third kappa shape index (κ3) is 2.28. The number of thiophene rings is 1. The average molecular weight is 291 g/mol. The summed E-state index contributed by atoms with van der Waals surface area (Å²) in [5.41, 5.74) is -0.689. The van der Waals surface area contributed by atoms with Crippen molar-refractivity contribution >= 4 is 27.3 Å². The molecule has 0 bridgehead atoms. The summed E-state index contributed by atoms with van der Waals surface area (Å²) in [5, 5.41) is 12.6. The molecule has 1 N–H and O–H groups in total. The predicted molar refractivity (Wildman–Crippen MR) is 65.2 cm³/mol. The number of aliphatic hydroxyl groups is 1. The Morgan fingerprint density at radius 2 is 2.53 bits per heavy atom. The molecule has 0 spiro atoms. The maximum atomic E-state index is 10.6. The van der Waals surface area contributed by atoms with Crippen molar-refractivity contribution in [3.8, 4) is 0 Å². The summed E-state index contributed by atoms with van der Waals surface area (Å²) in [6, 6.07) is 1.99. The van der Waals surface area contributed by atoms with Crippen molar-refractivity contribution in [2.24, 2.45) is 0 Å². The first-order valence-corrected chi connectivity index (χ1v) is 6.90. The fourth-order valence-electron chi connectivity index (χ4n) is 2.03. The lowest BCUT2D eigenvalue weighted by Gasteiger charge is -2.36. The zero-order valence-corrected chi connectivity index (χ0v) is 11.1. The number of rotatable bonds is 2. The van der Waals surface area contributed by atoms with E-state index in [4.69, 9.17) is 4.74 Å². The quantitative estimate of drug-likeness (QED) is 0.906. The third-order valence-electron chi connectivity index (χ3n) is 2.93. The minimum Gasteiger partial charge on any atom is -0.384 e. The van der Waals surface area contributed by atoms with Gasteiger partial charge in [0, 0.05) is 17.3 Å². The summed E-state index contributed by atoms with van der Waals surface area (Å²) >= 11 is 5.10. The lowest BCUT2D eigenvalue weighted by molar-refractivity contribution is -0.107. The smallest absolute Gasteiger partial charge is 0.105 e. The maximum Gasteiger partial charge on any atom is 0.105 e. The first-order chi connectivity index (χ1) is 7.15. The fraction of sp³-hybridized carbons (Fsp3) is 0.636. The Balaban J connectivity index is 2.22. The van der Waals surface area contributed by atoms with Gasteiger partial charge < -0.3 is 9.84 Å². The number of hydrogen-bond acceptors (Lipinski definition) is 3. The van der Waals surface area contributed by atoms with Gasteiger partial charge in [-0.3, -0.25) is 0 Å². The molecule has 1 aromatic rings. The zero-order valence-electron chi connectivity index (χ0n) is 8.70. The van der Waals surface area contributed by atoms with Crippen molar-refractivity contribution < 1.29 is 9.84 Å². The third-order valence-corrected chi connectivity index (χ3v) is 4.96. The van der Waals surface area contributed by atoms with Crippen LogP contribution in [0.1, 0.15) is 31.1 Å². The van der Waals surface area contributed by atoms with Crippen molar-refractivity contribution in [3.63, 3.8) is 0 Å². The van der Waals surface area contributed by atoms with Crippen molar-refractivity contribution in [2.75, 3.05) is 6.61 Å². The lowest BCUT2D eigenvalue weighted by Crippen LogP contribution is -2.37. The molecule has 4 heteroatoms. The molecule has 2 rings (SSSR count). The van der Waals surface area contributed by atoms with Gasteiger partial charge >= 0.3 is 0 Å². The van der Waals surface area contributed by atoms with Gasteiger partial charge in [0.25, 0.3) is 0 Å². The van der Waals surface area contributed by atoms with Crippen molar-refractivity contribution in [1.29, 1.82) is 0 Å². The van der Waals surface area contributed by atoms with Gasteiger partial charge in [0.05, 0.1) is 17.6 Å². The SMILES string of the molecule is CCC1CC(O)(c2sccc2Br)CCO1. The summed E-state index contributed by atoms with van der Waals surface area (Å²) in [6.45, 7) is 2.75. The molecule has 15 heavy (non-hydrogen) atoms. The van der Waals surface area contributed by atoms with E-state index >= 15 is 0 Å². The molecule has 1 aliphatic rings. The van der Waals surface area contributed by atoms with Crippen LogP contribution < -0.4 is 0 Å². The molecule has 2 atom stereocenters. The minimum atomic E-state index is -0.689. The largest absolute Gasteiger partial charge is 0.384 e. The van der Waals surface area contributed by atoms with Crippen LogP contribution in [0.5, 0.6) is 0 Å². The highest BCUT2D eigenvalue weighted by Crippen LogP contribution is 2.41.